The normalized spacial score (nSPS) is 41.5. The molecule has 2 aliphatic rings. The minimum absolute atomic E-state index is 0.562. The van der Waals surface area contributed by atoms with Gasteiger partial charge in [0.1, 0.15) is 0 Å². The highest BCUT2D eigenvalue weighted by Crippen LogP contribution is 2.37. The van der Waals surface area contributed by atoms with Crippen molar-refractivity contribution in [2.45, 2.75) is 31.8 Å². The molecule has 2 rings (SSSR count). The quantitative estimate of drug-likeness (QED) is 0.614. The maximum absolute atomic E-state index is 5.58. The topological polar surface area (TPSA) is 12.5 Å². The fourth-order valence-electron chi connectivity index (χ4n) is 3.11. The van der Waals surface area contributed by atoms with Crippen LogP contribution < -0.4 is 0 Å². The van der Waals surface area contributed by atoms with E-state index < -0.39 is 0 Å². The van der Waals surface area contributed by atoms with Crippen LogP contribution in [-0.4, -0.2) is 38.3 Å². The molecule has 0 amide bonds. The number of nitrogens with zero attached hydrogens (tertiary/aromatic N) is 1. The van der Waals surface area contributed by atoms with Gasteiger partial charge in [0.25, 0.3) is 0 Å². The van der Waals surface area contributed by atoms with Crippen molar-refractivity contribution in [3.05, 3.63) is 0 Å². The first-order valence-corrected chi connectivity index (χ1v) is 5.52. The molecule has 2 heteroatoms. The summed E-state index contributed by atoms with van der Waals surface area (Å²) in [6.07, 6.45) is 6.00. The Balaban J connectivity index is 1.99. The molecule has 0 spiro atoms. The number of hydrogen-bond acceptors (Lipinski definition) is 2. The summed E-state index contributed by atoms with van der Waals surface area (Å²) in [7, 11) is 4.12. The SMILES string of the molecule is COC1CCCC2CN(C)CCC21. The second-order valence-corrected chi connectivity index (χ2v) is 4.68. The van der Waals surface area contributed by atoms with E-state index >= 15 is 0 Å². The van der Waals surface area contributed by atoms with Gasteiger partial charge in [-0.05, 0) is 44.7 Å². The van der Waals surface area contributed by atoms with Crippen LogP contribution in [0.5, 0.6) is 0 Å². The van der Waals surface area contributed by atoms with Crippen LogP contribution in [0.2, 0.25) is 0 Å². The van der Waals surface area contributed by atoms with Crippen molar-refractivity contribution in [3.63, 3.8) is 0 Å². The molecule has 3 atom stereocenters. The first kappa shape index (κ1) is 9.47. The zero-order valence-electron chi connectivity index (χ0n) is 8.83. The summed E-state index contributed by atoms with van der Waals surface area (Å²) in [5, 5.41) is 0. The van der Waals surface area contributed by atoms with Gasteiger partial charge in [0.2, 0.25) is 0 Å². The second-order valence-electron chi connectivity index (χ2n) is 4.68. The zero-order valence-corrected chi connectivity index (χ0v) is 8.83. The molecule has 1 saturated heterocycles. The molecule has 3 unspecified atom stereocenters. The number of methoxy groups -OCH3 is 1. The molecule has 1 aliphatic carbocycles. The number of piperidine rings is 1. The molecule has 2 fully saturated rings. The van der Waals surface area contributed by atoms with Crippen molar-refractivity contribution in [3.8, 4) is 0 Å². The van der Waals surface area contributed by atoms with E-state index in [2.05, 4.69) is 11.9 Å². The fourth-order valence-corrected chi connectivity index (χ4v) is 3.11. The highest BCUT2D eigenvalue weighted by molar-refractivity contribution is 4.87. The number of hydrogen-bond donors (Lipinski definition) is 0. The molecule has 76 valence electrons. The summed E-state index contributed by atoms with van der Waals surface area (Å²) < 4.78 is 5.58. The number of likely N-dealkylation sites (tertiary alicyclic amines) is 1. The van der Waals surface area contributed by atoms with Gasteiger partial charge in [-0.2, -0.15) is 0 Å². The average Bonchev–Trinajstić information content (AvgIpc) is 2.16. The van der Waals surface area contributed by atoms with E-state index in [9.17, 15) is 0 Å². The molecule has 0 aromatic rings. The molecule has 0 aromatic carbocycles. The van der Waals surface area contributed by atoms with Crippen molar-refractivity contribution in [2.75, 3.05) is 27.2 Å². The van der Waals surface area contributed by atoms with E-state index in [0.29, 0.717) is 6.10 Å². The summed E-state index contributed by atoms with van der Waals surface area (Å²) in [5.74, 6) is 1.77. The van der Waals surface area contributed by atoms with Gasteiger partial charge in [0.05, 0.1) is 6.10 Å². The summed E-state index contributed by atoms with van der Waals surface area (Å²) in [4.78, 5) is 2.47. The summed E-state index contributed by atoms with van der Waals surface area (Å²) >= 11 is 0. The molecular weight excluding hydrogens is 162 g/mol. The first-order valence-electron chi connectivity index (χ1n) is 5.52. The summed E-state index contributed by atoms with van der Waals surface area (Å²) in [6, 6.07) is 0. The van der Waals surface area contributed by atoms with Crippen LogP contribution in [0, 0.1) is 11.8 Å². The lowest BCUT2D eigenvalue weighted by Gasteiger charge is -2.43. The predicted molar refractivity (Wildman–Crippen MR) is 53.7 cm³/mol. The van der Waals surface area contributed by atoms with Crippen LogP contribution in [0.25, 0.3) is 0 Å². The van der Waals surface area contributed by atoms with E-state index in [1.165, 1.54) is 38.8 Å². The van der Waals surface area contributed by atoms with Crippen LogP contribution in [0.3, 0.4) is 0 Å². The zero-order chi connectivity index (χ0) is 9.26. The van der Waals surface area contributed by atoms with Crippen LogP contribution in [0.1, 0.15) is 25.7 Å². The van der Waals surface area contributed by atoms with E-state index in [0.717, 1.165) is 11.8 Å². The van der Waals surface area contributed by atoms with Crippen LogP contribution in [-0.2, 0) is 4.74 Å². The lowest BCUT2D eigenvalue weighted by Crippen LogP contribution is -2.45. The van der Waals surface area contributed by atoms with Gasteiger partial charge in [-0.1, -0.05) is 6.42 Å². The van der Waals surface area contributed by atoms with E-state index in [1.807, 2.05) is 7.11 Å². The van der Waals surface area contributed by atoms with E-state index in [1.54, 1.807) is 0 Å². The Morgan fingerprint density at radius 2 is 2.08 bits per heavy atom. The van der Waals surface area contributed by atoms with Gasteiger partial charge in [-0.15, -0.1) is 0 Å². The molecule has 2 nitrogen and oxygen atoms in total. The lowest BCUT2D eigenvalue weighted by atomic mass is 9.73. The van der Waals surface area contributed by atoms with Gasteiger partial charge < -0.3 is 9.64 Å². The van der Waals surface area contributed by atoms with Crippen molar-refractivity contribution in [1.82, 2.24) is 4.90 Å². The Kier molecular flexibility index (Phi) is 2.89. The first-order chi connectivity index (χ1) is 6.31. The minimum Gasteiger partial charge on any atom is -0.381 e. The third kappa shape index (κ3) is 1.89. The Morgan fingerprint density at radius 1 is 1.23 bits per heavy atom. The van der Waals surface area contributed by atoms with E-state index in [4.69, 9.17) is 4.74 Å². The third-order valence-corrected chi connectivity index (χ3v) is 3.84. The Morgan fingerprint density at radius 3 is 2.85 bits per heavy atom. The number of ether oxygens (including phenoxy) is 1. The fraction of sp³-hybridized carbons (Fsp3) is 1.00. The lowest BCUT2D eigenvalue weighted by molar-refractivity contribution is -0.0350. The predicted octanol–water partition coefficient (Wildman–Crippen LogP) is 1.75. The molecule has 0 radical (unpaired) electrons. The van der Waals surface area contributed by atoms with Gasteiger partial charge in [0, 0.05) is 13.7 Å². The maximum Gasteiger partial charge on any atom is 0.0603 e. The average molecular weight is 183 g/mol. The van der Waals surface area contributed by atoms with Crippen LogP contribution in [0.15, 0.2) is 0 Å². The van der Waals surface area contributed by atoms with Crippen molar-refractivity contribution >= 4 is 0 Å². The van der Waals surface area contributed by atoms with Gasteiger partial charge >= 0.3 is 0 Å². The smallest absolute Gasteiger partial charge is 0.0603 e. The summed E-state index contributed by atoms with van der Waals surface area (Å²) in [5.41, 5.74) is 0. The third-order valence-electron chi connectivity index (χ3n) is 3.84. The van der Waals surface area contributed by atoms with Crippen molar-refractivity contribution < 1.29 is 4.74 Å². The Hall–Kier alpha value is -0.0800. The Labute approximate surface area is 81.3 Å². The van der Waals surface area contributed by atoms with Crippen LogP contribution in [0.4, 0.5) is 0 Å². The maximum atomic E-state index is 5.58. The molecule has 1 aliphatic heterocycles. The van der Waals surface area contributed by atoms with Crippen molar-refractivity contribution in [2.24, 2.45) is 11.8 Å². The molecule has 1 heterocycles. The molecule has 1 saturated carbocycles. The van der Waals surface area contributed by atoms with Crippen molar-refractivity contribution in [1.29, 1.82) is 0 Å². The summed E-state index contributed by atoms with van der Waals surface area (Å²) in [6.45, 7) is 2.56. The molecule has 0 bridgehead atoms. The van der Waals surface area contributed by atoms with E-state index in [-0.39, 0.29) is 0 Å². The largest absolute Gasteiger partial charge is 0.381 e. The standard InChI is InChI=1S/C11H21NO/c1-12-7-6-10-9(8-12)4-3-5-11(10)13-2/h9-11H,3-8H2,1-2H3. The number of fused-ring (bicyclic) bond motifs is 1. The highest BCUT2D eigenvalue weighted by atomic mass is 16.5. The molecule has 0 N–H and O–H groups in total. The second kappa shape index (κ2) is 3.97. The molecule has 13 heavy (non-hydrogen) atoms. The van der Waals surface area contributed by atoms with Gasteiger partial charge in [-0.3, -0.25) is 0 Å². The van der Waals surface area contributed by atoms with Crippen LogP contribution >= 0.6 is 0 Å². The van der Waals surface area contributed by atoms with Gasteiger partial charge in [-0.25, -0.2) is 0 Å². The highest BCUT2D eigenvalue weighted by Gasteiger charge is 2.36. The molecular formula is C11H21NO. The minimum atomic E-state index is 0.562. The van der Waals surface area contributed by atoms with Gasteiger partial charge in [0.15, 0.2) is 0 Å². The monoisotopic (exact) mass is 183 g/mol. The Bertz CT molecular complexity index is 171. The molecule has 0 aromatic heterocycles. The number of rotatable bonds is 1.